The molecular formula is C9H13BrClNS. The van der Waals surface area contributed by atoms with E-state index in [-0.39, 0.29) is 12.4 Å². The second-order valence-electron chi connectivity index (χ2n) is 3.17. The first-order valence-electron chi connectivity index (χ1n) is 4.33. The van der Waals surface area contributed by atoms with Crippen LogP contribution < -0.4 is 5.32 Å². The van der Waals surface area contributed by atoms with Crippen molar-refractivity contribution in [2.45, 2.75) is 25.3 Å². The van der Waals surface area contributed by atoms with Crippen LogP contribution in [0.5, 0.6) is 0 Å². The fraction of sp³-hybridized carbons (Fsp3) is 0.556. The number of rotatable bonds is 1. The maximum absolute atomic E-state index is 3.54. The molecule has 0 spiro atoms. The second-order valence-corrected chi connectivity index (χ2v) is 5.03. The van der Waals surface area contributed by atoms with Crippen LogP contribution in [0.1, 0.15) is 30.2 Å². The summed E-state index contributed by atoms with van der Waals surface area (Å²) in [6.45, 7) is 1.18. The Bertz CT molecular complexity index is 258. The van der Waals surface area contributed by atoms with Crippen molar-refractivity contribution in [3.8, 4) is 0 Å². The summed E-state index contributed by atoms with van der Waals surface area (Å²) in [7, 11) is 0. The fourth-order valence-corrected chi connectivity index (χ4v) is 3.16. The van der Waals surface area contributed by atoms with Crippen molar-refractivity contribution in [1.29, 1.82) is 0 Å². The molecule has 1 saturated heterocycles. The molecule has 1 aliphatic rings. The van der Waals surface area contributed by atoms with Crippen molar-refractivity contribution >= 4 is 39.7 Å². The molecule has 1 unspecified atom stereocenters. The minimum atomic E-state index is 0. The fourth-order valence-electron chi connectivity index (χ4n) is 1.61. The zero-order chi connectivity index (χ0) is 8.39. The lowest BCUT2D eigenvalue weighted by Gasteiger charge is -2.21. The number of halogens is 2. The van der Waals surface area contributed by atoms with E-state index in [4.69, 9.17) is 0 Å². The van der Waals surface area contributed by atoms with Crippen LogP contribution in [0.2, 0.25) is 0 Å². The first-order valence-corrected chi connectivity index (χ1v) is 6.01. The summed E-state index contributed by atoms with van der Waals surface area (Å²) in [6.07, 6.45) is 4.00. The van der Waals surface area contributed by atoms with E-state index < -0.39 is 0 Å². The lowest BCUT2D eigenvalue weighted by molar-refractivity contribution is 0.417. The van der Waals surface area contributed by atoms with E-state index >= 15 is 0 Å². The number of thiophene rings is 1. The van der Waals surface area contributed by atoms with Gasteiger partial charge in [-0.05, 0) is 41.4 Å². The predicted molar refractivity (Wildman–Crippen MR) is 63.9 cm³/mol. The van der Waals surface area contributed by atoms with Crippen molar-refractivity contribution in [2.24, 2.45) is 0 Å². The first kappa shape index (κ1) is 11.5. The molecule has 74 valence electrons. The van der Waals surface area contributed by atoms with E-state index in [0.29, 0.717) is 6.04 Å². The molecule has 0 aromatic carbocycles. The quantitative estimate of drug-likeness (QED) is 0.827. The number of nitrogens with one attached hydrogen (secondary N) is 1. The van der Waals surface area contributed by atoms with Crippen LogP contribution in [0.25, 0.3) is 0 Å². The van der Waals surface area contributed by atoms with Gasteiger partial charge in [-0.3, -0.25) is 0 Å². The Kier molecular flexibility index (Phi) is 4.73. The highest BCUT2D eigenvalue weighted by atomic mass is 79.9. The van der Waals surface area contributed by atoms with Gasteiger partial charge in [0.15, 0.2) is 0 Å². The van der Waals surface area contributed by atoms with Crippen molar-refractivity contribution in [1.82, 2.24) is 5.32 Å². The summed E-state index contributed by atoms with van der Waals surface area (Å²) in [5.74, 6) is 0. The van der Waals surface area contributed by atoms with Crippen molar-refractivity contribution in [2.75, 3.05) is 6.54 Å². The van der Waals surface area contributed by atoms with Gasteiger partial charge < -0.3 is 5.32 Å². The zero-order valence-electron chi connectivity index (χ0n) is 7.25. The minimum Gasteiger partial charge on any atom is -0.309 e. The molecule has 1 fully saturated rings. The predicted octanol–water partition coefficient (Wildman–Crippen LogP) is 3.75. The van der Waals surface area contributed by atoms with Gasteiger partial charge in [0, 0.05) is 20.8 Å². The van der Waals surface area contributed by atoms with E-state index in [0.717, 1.165) is 0 Å². The van der Waals surface area contributed by atoms with Crippen LogP contribution in [0.4, 0.5) is 0 Å². The summed E-state index contributed by atoms with van der Waals surface area (Å²) in [5, 5.41) is 5.70. The van der Waals surface area contributed by atoms with E-state index in [9.17, 15) is 0 Å². The molecule has 4 heteroatoms. The third-order valence-corrected chi connectivity index (χ3v) is 4.05. The summed E-state index contributed by atoms with van der Waals surface area (Å²) in [5.41, 5.74) is 0. The third-order valence-electron chi connectivity index (χ3n) is 2.24. The minimum absolute atomic E-state index is 0. The monoisotopic (exact) mass is 281 g/mol. The molecule has 1 nitrogen and oxygen atoms in total. The molecule has 0 bridgehead atoms. The Morgan fingerprint density at radius 1 is 1.46 bits per heavy atom. The highest BCUT2D eigenvalue weighted by molar-refractivity contribution is 9.10. The van der Waals surface area contributed by atoms with Gasteiger partial charge in [0.1, 0.15) is 0 Å². The van der Waals surface area contributed by atoms with Crippen LogP contribution in [0, 0.1) is 0 Å². The molecule has 2 heterocycles. The first-order chi connectivity index (χ1) is 5.86. The Labute approximate surface area is 97.5 Å². The average Bonchev–Trinajstić information content (AvgIpc) is 2.54. The molecule has 13 heavy (non-hydrogen) atoms. The maximum Gasteiger partial charge on any atom is 0.0415 e. The van der Waals surface area contributed by atoms with E-state index in [1.807, 2.05) is 11.3 Å². The molecule has 1 N–H and O–H groups in total. The van der Waals surface area contributed by atoms with Gasteiger partial charge in [0.05, 0.1) is 0 Å². The van der Waals surface area contributed by atoms with Gasteiger partial charge in [0.25, 0.3) is 0 Å². The highest BCUT2D eigenvalue weighted by Gasteiger charge is 2.15. The van der Waals surface area contributed by atoms with Crippen LogP contribution in [0.15, 0.2) is 15.9 Å². The van der Waals surface area contributed by atoms with Gasteiger partial charge in [-0.1, -0.05) is 6.42 Å². The van der Waals surface area contributed by atoms with Crippen molar-refractivity contribution in [3.63, 3.8) is 0 Å². The van der Waals surface area contributed by atoms with Gasteiger partial charge in [-0.2, -0.15) is 0 Å². The van der Waals surface area contributed by atoms with E-state index in [2.05, 4.69) is 32.7 Å². The van der Waals surface area contributed by atoms with Crippen molar-refractivity contribution in [3.05, 3.63) is 20.8 Å². The van der Waals surface area contributed by atoms with Crippen LogP contribution in [-0.2, 0) is 0 Å². The largest absolute Gasteiger partial charge is 0.309 e. The molecular weight excluding hydrogens is 270 g/mol. The van der Waals surface area contributed by atoms with Gasteiger partial charge in [0.2, 0.25) is 0 Å². The zero-order valence-corrected chi connectivity index (χ0v) is 10.5. The number of hydrogen-bond acceptors (Lipinski definition) is 2. The topological polar surface area (TPSA) is 12.0 Å². The average molecular weight is 283 g/mol. The maximum atomic E-state index is 3.54. The lowest BCUT2D eigenvalue weighted by atomic mass is 10.0. The summed E-state index contributed by atoms with van der Waals surface area (Å²) < 4.78 is 1.22. The van der Waals surface area contributed by atoms with Gasteiger partial charge in [-0.15, -0.1) is 23.7 Å². The Hall–Kier alpha value is 0.430. The summed E-state index contributed by atoms with van der Waals surface area (Å²) in [6, 6.07) is 2.85. The molecule has 1 aliphatic heterocycles. The molecule has 1 atom stereocenters. The molecule has 0 saturated carbocycles. The normalized spacial score (nSPS) is 22.4. The van der Waals surface area contributed by atoms with Crippen LogP contribution in [0.3, 0.4) is 0 Å². The smallest absolute Gasteiger partial charge is 0.0415 e. The van der Waals surface area contributed by atoms with E-state index in [1.165, 1.54) is 35.2 Å². The highest BCUT2D eigenvalue weighted by Crippen LogP contribution is 2.30. The van der Waals surface area contributed by atoms with Crippen LogP contribution in [-0.4, -0.2) is 6.54 Å². The molecule has 1 aromatic heterocycles. The number of piperidine rings is 1. The lowest BCUT2D eigenvalue weighted by Crippen LogP contribution is -2.25. The Morgan fingerprint density at radius 3 is 2.85 bits per heavy atom. The Balaban J connectivity index is 0.000000845. The van der Waals surface area contributed by atoms with Crippen molar-refractivity contribution < 1.29 is 0 Å². The Morgan fingerprint density at radius 2 is 2.31 bits per heavy atom. The van der Waals surface area contributed by atoms with E-state index in [1.54, 1.807) is 0 Å². The molecule has 1 aromatic rings. The summed E-state index contributed by atoms with van der Waals surface area (Å²) >= 11 is 5.33. The van der Waals surface area contributed by atoms with Gasteiger partial charge >= 0.3 is 0 Å². The molecule has 2 rings (SSSR count). The molecule has 0 radical (unpaired) electrons. The summed E-state index contributed by atoms with van der Waals surface area (Å²) in [4.78, 5) is 1.47. The third kappa shape index (κ3) is 2.94. The van der Waals surface area contributed by atoms with Crippen LogP contribution >= 0.6 is 39.7 Å². The SMILES string of the molecule is Brc1csc(C2CCCCN2)c1.Cl. The van der Waals surface area contributed by atoms with Gasteiger partial charge in [-0.25, -0.2) is 0 Å². The molecule has 0 amide bonds. The number of hydrogen-bond donors (Lipinski definition) is 1. The molecule has 0 aliphatic carbocycles. The second kappa shape index (κ2) is 5.35. The standard InChI is InChI=1S/C9H12BrNS.ClH/c10-7-5-9(12-6-7)8-3-1-2-4-11-8;/h5-6,8,11H,1-4H2;1H.